The Morgan fingerprint density at radius 3 is 2.30 bits per heavy atom. The molecule has 0 aliphatic heterocycles. The zero-order valence-electron chi connectivity index (χ0n) is 14.4. The van der Waals surface area contributed by atoms with Crippen molar-refractivity contribution < 1.29 is 13.2 Å². The van der Waals surface area contributed by atoms with E-state index in [1.54, 1.807) is 24.3 Å². The second-order valence-electron chi connectivity index (χ2n) is 6.26. The van der Waals surface area contributed by atoms with Crippen molar-refractivity contribution in [3.63, 3.8) is 0 Å². The number of hydrogen-bond acceptors (Lipinski definition) is 3. The SMILES string of the molecule is CCCCNC(=O)C(CC(C)C)NS(=O)(=O)c1ccc(C)cc1. The molecule has 0 radical (unpaired) electrons. The van der Waals surface area contributed by atoms with Gasteiger partial charge in [0.05, 0.1) is 4.90 Å². The molecule has 1 rings (SSSR count). The Hall–Kier alpha value is -1.40. The number of rotatable bonds is 9. The molecule has 0 aromatic heterocycles. The molecular weight excluding hydrogens is 312 g/mol. The average Bonchev–Trinajstić information content (AvgIpc) is 2.46. The van der Waals surface area contributed by atoms with Gasteiger partial charge in [-0.2, -0.15) is 4.72 Å². The molecule has 0 bridgehead atoms. The van der Waals surface area contributed by atoms with E-state index in [-0.39, 0.29) is 16.7 Å². The summed E-state index contributed by atoms with van der Waals surface area (Å²) in [5, 5.41) is 2.81. The van der Waals surface area contributed by atoms with Gasteiger partial charge in [0.1, 0.15) is 6.04 Å². The molecule has 1 atom stereocenters. The molecule has 6 heteroatoms. The number of amides is 1. The van der Waals surface area contributed by atoms with Crippen LogP contribution in [0.2, 0.25) is 0 Å². The molecule has 0 aliphatic carbocycles. The van der Waals surface area contributed by atoms with Crippen LogP contribution in [0.3, 0.4) is 0 Å². The molecule has 2 N–H and O–H groups in total. The summed E-state index contributed by atoms with van der Waals surface area (Å²) in [6, 6.07) is 5.84. The van der Waals surface area contributed by atoms with Gasteiger partial charge in [-0.15, -0.1) is 0 Å². The topological polar surface area (TPSA) is 75.3 Å². The van der Waals surface area contributed by atoms with E-state index in [9.17, 15) is 13.2 Å². The standard InChI is InChI=1S/C17H28N2O3S/c1-5-6-11-18-17(20)16(12-13(2)3)19-23(21,22)15-9-7-14(4)8-10-15/h7-10,13,16,19H,5-6,11-12H2,1-4H3,(H,18,20). The number of aryl methyl sites for hydroxylation is 1. The monoisotopic (exact) mass is 340 g/mol. The van der Waals surface area contributed by atoms with Crippen LogP contribution in [0.4, 0.5) is 0 Å². The highest BCUT2D eigenvalue weighted by Crippen LogP contribution is 2.13. The van der Waals surface area contributed by atoms with Gasteiger partial charge in [0.15, 0.2) is 0 Å². The number of carbonyl (C=O) groups excluding carboxylic acids is 1. The van der Waals surface area contributed by atoms with E-state index in [4.69, 9.17) is 0 Å². The highest BCUT2D eigenvalue weighted by atomic mass is 32.2. The fourth-order valence-corrected chi connectivity index (χ4v) is 3.37. The first-order valence-electron chi connectivity index (χ1n) is 8.13. The maximum atomic E-state index is 12.5. The summed E-state index contributed by atoms with van der Waals surface area (Å²) in [6.07, 6.45) is 2.32. The second-order valence-corrected chi connectivity index (χ2v) is 7.98. The normalized spacial score (nSPS) is 13.1. The van der Waals surface area contributed by atoms with Crippen LogP contribution in [0.5, 0.6) is 0 Å². The largest absolute Gasteiger partial charge is 0.355 e. The van der Waals surface area contributed by atoms with E-state index >= 15 is 0 Å². The first kappa shape index (κ1) is 19.6. The Morgan fingerprint density at radius 1 is 1.17 bits per heavy atom. The second kappa shape index (κ2) is 9.03. The van der Waals surface area contributed by atoms with Crippen molar-refractivity contribution in [2.24, 2.45) is 5.92 Å². The minimum Gasteiger partial charge on any atom is -0.355 e. The van der Waals surface area contributed by atoms with Gasteiger partial charge in [-0.25, -0.2) is 8.42 Å². The number of unbranched alkanes of at least 4 members (excludes halogenated alkanes) is 1. The smallest absolute Gasteiger partial charge is 0.241 e. The first-order chi connectivity index (χ1) is 10.8. The van der Waals surface area contributed by atoms with Crippen LogP contribution in [0.25, 0.3) is 0 Å². The molecule has 1 aromatic carbocycles. The van der Waals surface area contributed by atoms with E-state index in [2.05, 4.69) is 10.0 Å². The predicted octanol–water partition coefficient (Wildman–Crippen LogP) is 2.60. The molecule has 0 spiro atoms. The summed E-state index contributed by atoms with van der Waals surface area (Å²) in [5.41, 5.74) is 0.986. The molecule has 0 aliphatic rings. The van der Waals surface area contributed by atoms with Gasteiger partial charge in [-0.05, 0) is 37.8 Å². The summed E-state index contributed by atoms with van der Waals surface area (Å²) in [4.78, 5) is 12.5. The van der Waals surface area contributed by atoms with Crippen LogP contribution in [0.1, 0.15) is 45.6 Å². The maximum Gasteiger partial charge on any atom is 0.241 e. The van der Waals surface area contributed by atoms with Crippen LogP contribution >= 0.6 is 0 Å². The van der Waals surface area contributed by atoms with Crippen molar-refractivity contribution in [2.75, 3.05) is 6.54 Å². The average molecular weight is 340 g/mol. The van der Waals surface area contributed by atoms with Gasteiger partial charge >= 0.3 is 0 Å². The highest BCUT2D eigenvalue weighted by molar-refractivity contribution is 7.89. The van der Waals surface area contributed by atoms with E-state index in [1.807, 2.05) is 27.7 Å². The molecule has 1 amide bonds. The van der Waals surface area contributed by atoms with Crippen molar-refractivity contribution >= 4 is 15.9 Å². The number of nitrogens with one attached hydrogen (secondary N) is 2. The number of carbonyl (C=O) groups is 1. The van der Waals surface area contributed by atoms with Gasteiger partial charge in [0.2, 0.25) is 15.9 Å². The number of hydrogen-bond donors (Lipinski definition) is 2. The fourth-order valence-electron chi connectivity index (χ4n) is 2.16. The maximum absolute atomic E-state index is 12.5. The summed E-state index contributed by atoms with van der Waals surface area (Å²) < 4.78 is 27.5. The van der Waals surface area contributed by atoms with Gasteiger partial charge < -0.3 is 5.32 Å². The lowest BCUT2D eigenvalue weighted by atomic mass is 10.0. The quantitative estimate of drug-likeness (QED) is 0.679. The Kier molecular flexibility index (Phi) is 7.72. The summed E-state index contributed by atoms with van der Waals surface area (Å²) in [7, 11) is -3.71. The summed E-state index contributed by atoms with van der Waals surface area (Å²) in [5.74, 6) is -0.0551. The molecule has 130 valence electrons. The van der Waals surface area contributed by atoms with Gasteiger partial charge in [-0.3, -0.25) is 4.79 Å². The number of benzene rings is 1. The van der Waals surface area contributed by atoms with Crippen LogP contribution in [0.15, 0.2) is 29.2 Å². The third-order valence-electron chi connectivity index (χ3n) is 3.48. The summed E-state index contributed by atoms with van der Waals surface area (Å²) in [6.45, 7) is 8.43. The molecule has 1 unspecified atom stereocenters. The Labute approximate surface area is 139 Å². The predicted molar refractivity (Wildman–Crippen MR) is 92.7 cm³/mol. The van der Waals surface area contributed by atoms with Crippen LogP contribution < -0.4 is 10.0 Å². The molecule has 1 aromatic rings. The number of sulfonamides is 1. The molecule has 0 fully saturated rings. The Balaban J connectivity index is 2.86. The van der Waals surface area contributed by atoms with Crippen molar-refractivity contribution in [3.8, 4) is 0 Å². The zero-order valence-corrected chi connectivity index (χ0v) is 15.2. The Morgan fingerprint density at radius 2 is 1.78 bits per heavy atom. The van der Waals surface area contributed by atoms with Gasteiger partial charge in [-0.1, -0.05) is 44.9 Å². The minimum atomic E-state index is -3.71. The molecule has 0 saturated carbocycles. The van der Waals surface area contributed by atoms with E-state index in [0.29, 0.717) is 13.0 Å². The van der Waals surface area contributed by atoms with Crippen molar-refractivity contribution in [2.45, 2.75) is 57.9 Å². The lowest BCUT2D eigenvalue weighted by Gasteiger charge is -2.20. The Bertz CT molecular complexity index is 595. The van der Waals surface area contributed by atoms with Crippen molar-refractivity contribution in [3.05, 3.63) is 29.8 Å². The van der Waals surface area contributed by atoms with E-state index in [0.717, 1.165) is 18.4 Å². The van der Waals surface area contributed by atoms with Crippen LogP contribution in [0, 0.1) is 12.8 Å². The third kappa shape index (κ3) is 6.71. The molecular formula is C17H28N2O3S. The lowest BCUT2D eigenvalue weighted by molar-refractivity contribution is -0.123. The van der Waals surface area contributed by atoms with Crippen LogP contribution in [-0.4, -0.2) is 26.9 Å². The first-order valence-corrected chi connectivity index (χ1v) is 9.61. The molecule has 0 heterocycles. The fraction of sp³-hybridized carbons (Fsp3) is 0.588. The van der Waals surface area contributed by atoms with Gasteiger partial charge in [0.25, 0.3) is 0 Å². The molecule has 23 heavy (non-hydrogen) atoms. The molecule has 0 saturated heterocycles. The zero-order chi connectivity index (χ0) is 17.5. The van der Waals surface area contributed by atoms with Crippen molar-refractivity contribution in [1.82, 2.24) is 10.0 Å². The van der Waals surface area contributed by atoms with Gasteiger partial charge in [0, 0.05) is 6.54 Å². The minimum absolute atomic E-state index is 0.179. The molecule has 5 nitrogen and oxygen atoms in total. The van der Waals surface area contributed by atoms with Crippen LogP contribution in [-0.2, 0) is 14.8 Å². The third-order valence-corrected chi connectivity index (χ3v) is 4.97. The lowest BCUT2D eigenvalue weighted by Crippen LogP contribution is -2.47. The summed E-state index contributed by atoms with van der Waals surface area (Å²) >= 11 is 0. The highest BCUT2D eigenvalue weighted by Gasteiger charge is 2.26. The van der Waals surface area contributed by atoms with E-state index < -0.39 is 16.1 Å². The van der Waals surface area contributed by atoms with E-state index in [1.165, 1.54) is 0 Å². The van der Waals surface area contributed by atoms with Crippen molar-refractivity contribution in [1.29, 1.82) is 0 Å².